The zero-order chi connectivity index (χ0) is 14.5. The number of benzene rings is 1. The molecule has 1 aromatic heterocycles. The van der Waals surface area contributed by atoms with Crippen LogP contribution in [-0.2, 0) is 4.79 Å². The molecule has 0 radical (unpaired) electrons. The number of fused-ring (bicyclic) bond motifs is 1. The Morgan fingerprint density at radius 3 is 2.67 bits per heavy atom. The number of furan rings is 1. The van der Waals surface area contributed by atoms with Crippen molar-refractivity contribution in [3.05, 3.63) is 36.1 Å². The number of nitrogens with one attached hydrogen (secondary N) is 2. The molecular formula is C16H23ClN2O2. The van der Waals surface area contributed by atoms with E-state index in [4.69, 9.17) is 4.42 Å². The Bertz CT molecular complexity index is 549. The zero-order valence-corrected chi connectivity index (χ0v) is 13.5. The van der Waals surface area contributed by atoms with E-state index >= 15 is 0 Å². The summed E-state index contributed by atoms with van der Waals surface area (Å²) in [5.74, 6) is 0.421. The minimum absolute atomic E-state index is 0. The topological polar surface area (TPSA) is 54.3 Å². The highest BCUT2D eigenvalue weighted by molar-refractivity contribution is 5.85. The minimum Gasteiger partial charge on any atom is -0.460 e. The van der Waals surface area contributed by atoms with Crippen LogP contribution in [-0.4, -0.2) is 25.0 Å². The first-order valence-electron chi connectivity index (χ1n) is 7.11. The molecule has 0 bridgehead atoms. The van der Waals surface area contributed by atoms with Gasteiger partial charge in [-0.1, -0.05) is 25.1 Å². The lowest BCUT2D eigenvalue weighted by atomic mass is 10.1. The van der Waals surface area contributed by atoms with E-state index in [9.17, 15) is 4.79 Å². The molecule has 0 fully saturated rings. The summed E-state index contributed by atoms with van der Waals surface area (Å²) in [6.07, 6.45) is 0. The van der Waals surface area contributed by atoms with Gasteiger partial charge >= 0.3 is 0 Å². The fraction of sp³-hybridized carbons (Fsp3) is 0.438. The van der Waals surface area contributed by atoms with Crippen LogP contribution in [0, 0.1) is 0 Å². The highest BCUT2D eigenvalue weighted by Crippen LogP contribution is 2.24. The molecule has 4 nitrogen and oxygen atoms in total. The molecule has 1 aromatic carbocycles. The van der Waals surface area contributed by atoms with Crippen LogP contribution >= 0.6 is 12.4 Å². The monoisotopic (exact) mass is 310 g/mol. The van der Waals surface area contributed by atoms with Crippen molar-refractivity contribution in [2.75, 3.05) is 13.1 Å². The Labute approximate surface area is 131 Å². The van der Waals surface area contributed by atoms with E-state index < -0.39 is 0 Å². The highest BCUT2D eigenvalue weighted by atomic mass is 35.5. The molecule has 116 valence electrons. The summed E-state index contributed by atoms with van der Waals surface area (Å²) < 4.78 is 5.73. The van der Waals surface area contributed by atoms with Gasteiger partial charge in [-0.3, -0.25) is 4.79 Å². The SMILES string of the molecule is CCN[C@H](C)CNC(=O)C(C)c1cc2ccccc2o1.Cl. The molecule has 5 heteroatoms. The first kappa shape index (κ1) is 17.5. The summed E-state index contributed by atoms with van der Waals surface area (Å²) in [5, 5.41) is 7.24. The molecule has 0 saturated heterocycles. The van der Waals surface area contributed by atoms with Gasteiger partial charge in [0.2, 0.25) is 5.91 Å². The normalized spacial score (nSPS) is 13.5. The van der Waals surface area contributed by atoms with E-state index in [-0.39, 0.29) is 30.3 Å². The first-order valence-corrected chi connectivity index (χ1v) is 7.11. The number of carbonyl (C=O) groups excluding carboxylic acids is 1. The highest BCUT2D eigenvalue weighted by Gasteiger charge is 2.19. The summed E-state index contributed by atoms with van der Waals surface area (Å²) in [5.41, 5.74) is 0.822. The predicted octanol–water partition coefficient (Wildman–Crippen LogP) is 3.07. The van der Waals surface area contributed by atoms with Crippen LogP contribution in [0.4, 0.5) is 0 Å². The van der Waals surface area contributed by atoms with Crippen LogP contribution in [0.25, 0.3) is 11.0 Å². The lowest BCUT2D eigenvalue weighted by Crippen LogP contribution is -2.40. The summed E-state index contributed by atoms with van der Waals surface area (Å²) in [4.78, 5) is 12.1. The average molecular weight is 311 g/mol. The number of para-hydroxylation sites is 1. The number of carbonyl (C=O) groups is 1. The van der Waals surface area contributed by atoms with Gasteiger partial charge < -0.3 is 15.1 Å². The molecule has 2 rings (SSSR count). The lowest BCUT2D eigenvalue weighted by molar-refractivity contribution is -0.122. The van der Waals surface area contributed by atoms with E-state index in [1.54, 1.807) is 0 Å². The Morgan fingerprint density at radius 1 is 1.29 bits per heavy atom. The third-order valence-corrected chi connectivity index (χ3v) is 3.40. The number of likely N-dealkylation sites (N-methyl/N-ethyl adjacent to an activating group) is 1. The van der Waals surface area contributed by atoms with Crippen LogP contribution in [0.3, 0.4) is 0 Å². The largest absolute Gasteiger partial charge is 0.460 e. The molecule has 0 spiro atoms. The first-order chi connectivity index (χ1) is 9.61. The zero-order valence-electron chi connectivity index (χ0n) is 12.7. The molecule has 2 aromatic rings. The van der Waals surface area contributed by atoms with E-state index in [0.29, 0.717) is 12.3 Å². The van der Waals surface area contributed by atoms with Crippen LogP contribution in [0.1, 0.15) is 32.4 Å². The average Bonchev–Trinajstić information content (AvgIpc) is 2.88. The molecular weight excluding hydrogens is 288 g/mol. The Hall–Kier alpha value is -1.52. The second-order valence-electron chi connectivity index (χ2n) is 5.11. The molecule has 1 unspecified atom stereocenters. The molecule has 0 aliphatic rings. The van der Waals surface area contributed by atoms with Gasteiger partial charge in [0.25, 0.3) is 0 Å². The van der Waals surface area contributed by atoms with Gasteiger partial charge in [-0.05, 0) is 32.5 Å². The second-order valence-corrected chi connectivity index (χ2v) is 5.11. The van der Waals surface area contributed by atoms with Crippen molar-refractivity contribution < 1.29 is 9.21 Å². The molecule has 0 saturated carbocycles. The molecule has 0 aliphatic heterocycles. The third-order valence-electron chi connectivity index (χ3n) is 3.40. The van der Waals surface area contributed by atoms with E-state index in [0.717, 1.165) is 17.5 Å². The third kappa shape index (κ3) is 4.48. The summed E-state index contributed by atoms with van der Waals surface area (Å²) >= 11 is 0. The van der Waals surface area contributed by atoms with Gasteiger partial charge in [0.1, 0.15) is 11.3 Å². The Balaban J connectivity index is 0.00000220. The fourth-order valence-electron chi connectivity index (χ4n) is 2.17. The van der Waals surface area contributed by atoms with Gasteiger partial charge in [0.15, 0.2) is 0 Å². The molecule has 0 aliphatic carbocycles. The van der Waals surface area contributed by atoms with Crippen molar-refractivity contribution in [3.8, 4) is 0 Å². The minimum atomic E-state index is -0.281. The van der Waals surface area contributed by atoms with Crippen LogP contribution in [0.5, 0.6) is 0 Å². The number of amides is 1. The van der Waals surface area contributed by atoms with Gasteiger partial charge in [-0.15, -0.1) is 12.4 Å². The maximum atomic E-state index is 12.1. The van der Waals surface area contributed by atoms with Crippen molar-refractivity contribution >= 4 is 29.3 Å². The van der Waals surface area contributed by atoms with Gasteiger partial charge in [-0.25, -0.2) is 0 Å². The van der Waals surface area contributed by atoms with Gasteiger partial charge in [-0.2, -0.15) is 0 Å². The molecule has 1 amide bonds. The number of hydrogen-bond acceptors (Lipinski definition) is 3. The van der Waals surface area contributed by atoms with Crippen LogP contribution in [0.15, 0.2) is 34.7 Å². The van der Waals surface area contributed by atoms with E-state index in [1.807, 2.05) is 37.3 Å². The van der Waals surface area contributed by atoms with E-state index in [2.05, 4.69) is 24.5 Å². The van der Waals surface area contributed by atoms with Crippen molar-refractivity contribution in [1.82, 2.24) is 10.6 Å². The molecule has 2 N–H and O–H groups in total. The maximum Gasteiger partial charge on any atom is 0.230 e. The standard InChI is InChI=1S/C16H22N2O2.ClH/c1-4-17-11(2)10-18-16(19)12(3)15-9-13-7-5-6-8-14(13)20-15;/h5-9,11-12,17H,4,10H2,1-3H3,(H,18,19);1H/t11-,12?;/m1./s1. The van der Waals surface area contributed by atoms with Crippen molar-refractivity contribution in [2.45, 2.75) is 32.7 Å². The fourth-order valence-corrected chi connectivity index (χ4v) is 2.17. The van der Waals surface area contributed by atoms with Crippen molar-refractivity contribution in [3.63, 3.8) is 0 Å². The molecule has 21 heavy (non-hydrogen) atoms. The van der Waals surface area contributed by atoms with Crippen LogP contribution < -0.4 is 10.6 Å². The van der Waals surface area contributed by atoms with Crippen molar-refractivity contribution in [1.29, 1.82) is 0 Å². The quantitative estimate of drug-likeness (QED) is 0.862. The van der Waals surface area contributed by atoms with Gasteiger partial charge in [0.05, 0.1) is 5.92 Å². The summed E-state index contributed by atoms with van der Waals surface area (Å²) in [7, 11) is 0. The number of rotatable bonds is 6. The van der Waals surface area contributed by atoms with E-state index in [1.165, 1.54) is 0 Å². The second kappa shape index (κ2) is 8.05. The van der Waals surface area contributed by atoms with Crippen molar-refractivity contribution in [2.24, 2.45) is 0 Å². The predicted molar refractivity (Wildman–Crippen MR) is 88.0 cm³/mol. The maximum absolute atomic E-state index is 12.1. The number of halogens is 1. The van der Waals surface area contributed by atoms with Crippen LogP contribution in [0.2, 0.25) is 0 Å². The van der Waals surface area contributed by atoms with Gasteiger partial charge in [0, 0.05) is 18.0 Å². The molecule has 1 heterocycles. The summed E-state index contributed by atoms with van der Waals surface area (Å²) in [6, 6.07) is 10.00. The summed E-state index contributed by atoms with van der Waals surface area (Å²) in [6.45, 7) is 7.49. The Kier molecular flexibility index (Phi) is 6.72. The number of hydrogen-bond donors (Lipinski definition) is 2. The Morgan fingerprint density at radius 2 is 2.00 bits per heavy atom. The lowest BCUT2D eigenvalue weighted by Gasteiger charge is -2.15. The smallest absolute Gasteiger partial charge is 0.230 e. The molecule has 2 atom stereocenters.